The van der Waals surface area contributed by atoms with Crippen LogP contribution in [0.1, 0.15) is 0 Å². The summed E-state index contributed by atoms with van der Waals surface area (Å²) in [5.74, 6) is -6.38. The monoisotopic (exact) mass is 308 g/mol. The molecule has 1 aromatic heterocycles. The number of carbonyl (C=O) groups excluding carboxylic acids is 1. The van der Waals surface area contributed by atoms with Gasteiger partial charge in [0.15, 0.2) is 5.13 Å². The summed E-state index contributed by atoms with van der Waals surface area (Å²) < 4.78 is 55.4. The molecule has 0 aliphatic rings. The molecule has 0 bridgehead atoms. The SMILES string of the molecule is CO[C@@](F)(C(=O)Nc1nc2ccccc2s1)C(F)(F)F. The molecular formula is C11H8F4N2O2S. The minimum atomic E-state index is -5.48. The van der Waals surface area contributed by atoms with Gasteiger partial charge in [0.25, 0.3) is 0 Å². The summed E-state index contributed by atoms with van der Waals surface area (Å²) >= 11 is 0.930. The van der Waals surface area contributed by atoms with Crippen LogP contribution in [0.5, 0.6) is 0 Å². The van der Waals surface area contributed by atoms with Crippen molar-refractivity contribution in [3.63, 3.8) is 0 Å². The smallest absolute Gasteiger partial charge is 0.335 e. The lowest BCUT2D eigenvalue weighted by molar-refractivity contribution is -0.305. The number of benzene rings is 1. The highest BCUT2D eigenvalue weighted by molar-refractivity contribution is 7.22. The molecule has 0 aliphatic heterocycles. The van der Waals surface area contributed by atoms with Crippen molar-refractivity contribution in [2.24, 2.45) is 0 Å². The zero-order valence-corrected chi connectivity index (χ0v) is 10.8. The molecule has 20 heavy (non-hydrogen) atoms. The molecule has 2 aromatic rings. The van der Waals surface area contributed by atoms with Gasteiger partial charge in [0.2, 0.25) is 0 Å². The maximum absolute atomic E-state index is 13.6. The van der Waals surface area contributed by atoms with Crippen LogP contribution >= 0.6 is 11.3 Å². The summed E-state index contributed by atoms with van der Waals surface area (Å²) in [5, 5.41) is 1.64. The zero-order valence-electron chi connectivity index (χ0n) is 9.99. The van der Waals surface area contributed by atoms with Gasteiger partial charge in [-0.15, -0.1) is 0 Å². The van der Waals surface area contributed by atoms with E-state index in [0.29, 0.717) is 17.3 Å². The highest BCUT2D eigenvalue weighted by Crippen LogP contribution is 2.36. The van der Waals surface area contributed by atoms with E-state index in [9.17, 15) is 22.4 Å². The molecule has 1 atom stereocenters. The van der Waals surface area contributed by atoms with Crippen LogP contribution in [-0.4, -0.2) is 30.0 Å². The number of hydrogen-bond acceptors (Lipinski definition) is 4. The predicted octanol–water partition coefficient (Wildman–Crippen LogP) is 3.11. The normalized spacial score (nSPS) is 15.1. The lowest BCUT2D eigenvalue weighted by Crippen LogP contribution is -2.52. The lowest BCUT2D eigenvalue weighted by atomic mass is 10.3. The first kappa shape index (κ1) is 14.7. The van der Waals surface area contributed by atoms with E-state index in [1.165, 1.54) is 0 Å². The number of alkyl halides is 4. The summed E-state index contributed by atoms with van der Waals surface area (Å²) in [6.07, 6.45) is -5.48. The number of nitrogens with one attached hydrogen (secondary N) is 1. The molecule has 0 unspecified atom stereocenters. The summed E-state index contributed by atoms with van der Waals surface area (Å²) in [5.41, 5.74) is 0.488. The number of rotatable bonds is 3. The number of ether oxygens (including phenoxy) is 1. The van der Waals surface area contributed by atoms with Gasteiger partial charge < -0.3 is 4.74 Å². The molecular weight excluding hydrogens is 300 g/mol. The van der Waals surface area contributed by atoms with Crippen LogP contribution in [0.3, 0.4) is 0 Å². The molecule has 0 saturated carbocycles. The van der Waals surface area contributed by atoms with Gasteiger partial charge in [0.1, 0.15) is 0 Å². The lowest BCUT2D eigenvalue weighted by Gasteiger charge is -2.24. The number of hydrogen-bond donors (Lipinski definition) is 1. The van der Waals surface area contributed by atoms with E-state index >= 15 is 0 Å². The predicted molar refractivity (Wildman–Crippen MR) is 65.2 cm³/mol. The van der Waals surface area contributed by atoms with Crippen LogP contribution in [-0.2, 0) is 9.53 Å². The molecule has 1 heterocycles. The van der Waals surface area contributed by atoms with Gasteiger partial charge >= 0.3 is 17.9 Å². The Kier molecular flexibility index (Phi) is 3.65. The van der Waals surface area contributed by atoms with Gasteiger partial charge in [-0.05, 0) is 12.1 Å². The highest BCUT2D eigenvalue weighted by Gasteiger charge is 2.63. The number of para-hydroxylation sites is 1. The average Bonchev–Trinajstić information content (AvgIpc) is 2.78. The van der Waals surface area contributed by atoms with Crippen LogP contribution < -0.4 is 5.32 Å². The topological polar surface area (TPSA) is 51.2 Å². The number of thiazole rings is 1. The molecule has 1 N–H and O–H groups in total. The van der Waals surface area contributed by atoms with Crippen molar-refractivity contribution >= 4 is 32.6 Å². The van der Waals surface area contributed by atoms with Gasteiger partial charge in [-0.25, -0.2) is 4.98 Å². The Morgan fingerprint density at radius 1 is 1.30 bits per heavy atom. The number of nitrogens with zero attached hydrogens (tertiary/aromatic N) is 1. The van der Waals surface area contributed by atoms with Crippen LogP contribution in [0.15, 0.2) is 24.3 Å². The zero-order chi connectivity index (χ0) is 15.0. The summed E-state index contributed by atoms with van der Waals surface area (Å²) in [6, 6.07) is 6.67. The van der Waals surface area contributed by atoms with E-state index in [1.54, 1.807) is 29.6 Å². The molecule has 1 aromatic carbocycles. The summed E-state index contributed by atoms with van der Waals surface area (Å²) in [4.78, 5) is 15.3. The Hall–Kier alpha value is -1.74. The third-order valence-corrected chi connectivity index (χ3v) is 3.40. The van der Waals surface area contributed by atoms with Crippen molar-refractivity contribution < 1.29 is 27.1 Å². The second kappa shape index (κ2) is 4.98. The molecule has 2 rings (SSSR count). The van der Waals surface area contributed by atoms with E-state index in [1.807, 2.05) is 0 Å². The molecule has 108 valence electrons. The van der Waals surface area contributed by atoms with Crippen molar-refractivity contribution in [1.29, 1.82) is 0 Å². The summed E-state index contributed by atoms with van der Waals surface area (Å²) in [6.45, 7) is 0. The summed E-state index contributed by atoms with van der Waals surface area (Å²) in [7, 11) is 0.464. The van der Waals surface area contributed by atoms with Gasteiger partial charge in [0, 0.05) is 7.11 Å². The molecule has 0 aliphatic carbocycles. The molecule has 0 saturated heterocycles. The number of amides is 1. The minimum absolute atomic E-state index is 0.139. The quantitative estimate of drug-likeness (QED) is 0.886. The fraction of sp³-hybridized carbons (Fsp3) is 0.273. The van der Waals surface area contributed by atoms with Gasteiger partial charge in [-0.2, -0.15) is 17.6 Å². The van der Waals surface area contributed by atoms with Crippen molar-refractivity contribution in [3.05, 3.63) is 24.3 Å². The van der Waals surface area contributed by atoms with Gasteiger partial charge in [-0.3, -0.25) is 10.1 Å². The number of aromatic nitrogens is 1. The van der Waals surface area contributed by atoms with E-state index in [-0.39, 0.29) is 5.13 Å². The second-order valence-electron chi connectivity index (χ2n) is 3.74. The van der Waals surface area contributed by atoms with E-state index in [4.69, 9.17) is 0 Å². The maximum atomic E-state index is 13.6. The fourth-order valence-electron chi connectivity index (χ4n) is 1.44. The first-order valence-corrected chi connectivity index (χ1v) is 6.07. The van der Waals surface area contributed by atoms with E-state index in [0.717, 1.165) is 11.3 Å². The fourth-order valence-corrected chi connectivity index (χ4v) is 2.30. The number of halogens is 4. The van der Waals surface area contributed by atoms with Crippen molar-refractivity contribution in [1.82, 2.24) is 4.98 Å². The first-order valence-electron chi connectivity index (χ1n) is 5.26. The number of fused-ring (bicyclic) bond motifs is 1. The number of methoxy groups -OCH3 is 1. The highest BCUT2D eigenvalue weighted by atomic mass is 32.1. The van der Waals surface area contributed by atoms with E-state index < -0.39 is 17.9 Å². The van der Waals surface area contributed by atoms with Crippen LogP contribution in [0.4, 0.5) is 22.7 Å². The molecule has 0 spiro atoms. The first-order chi connectivity index (χ1) is 9.28. The van der Waals surface area contributed by atoms with Crippen LogP contribution in [0.25, 0.3) is 10.2 Å². The minimum Gasteiger partial charge on any atom is -0.335 e. The average molecular weight is 308 g/mol. The Balaban J connectivity index is 2.26. The Bertz CT molecular complexity index is 610. The van der Waals surface area contributed by atoms with Crippen molar-refractivity contribution in [2.75, 3.05) is 12.4 Å². The largest absolute Gasteiger partial charge is 0.458 e. The molecule has 9 heteroatoms. The maximum Gasteiger partial charge on any atom is 0.458 e. The Morgan fingerprint density at radius 3 is 2.50 bits per heavy atom. The third kappa shape index (κ3) is 2.46. The van der Waals surface area contributed by atoms with Crippen LogP contribution in [0.2, 0.25) is 0 Å². The standard InChI is InChI=1S/C11H8F4N2O2S/c1-19-10(12,11(13,14)15)8(18)17-9-16-6-4-2-3-5-7(6)20-9/h2-5H,1H3,(H,16,17,18)/t10-/m0/s1. The second-order valence-corrected chi connectivity index (χ2v) is 4.77. The van der Waals surface area contributed by atoms with E-state index in [2.05, 4.69) is 9.72 Å². The third-order valence-electron chi connectivity index (χ3n) is 2.45. The van der Waals surface area contributed by atoms with Crippen molar-refractivity contribution in [2.45, 2.75) is 12.0 Å². The molecule has 0 fully saturated rings. The number of anilines is 1. The van der Waals surface area contributed by atoms with Gasteiger partial charge in [-0.1, -0.05) is 23.5 Å². The van der Waals surface area contributed by atoms with Gasteiger partial charge in [0.05, 0.1) is 10.2 Å². The molecule has 0 radical (unpaired) electrons. The number of carbonyl (C=O) groups is 1. The van der Waals surface area contributed by atoms with Crippen LogP contribution in [0, 0.1) is 0 Å². The molecule has 1 amide bonds. The Morgan fingerprint density at radius 2 is 1.95 bits per heavy atom. The molecule has 4 nitrogen and oxygen atoms in total. The Labute approximate surface area is 114 Å². The van der Waals surface area contributed by atoms with Crippen molar-refractivity contribution in [3.8, 4) is 0 Å².